The Kier molecular flexibility index (Phi) is 4.87. The SMILES string of the molecule is Fc1ccc2nccc(C3CCN([C@@H](c4nc5c(F)c(F)c(F)cc5[nH]4)C4CC4)CC3)c2c1. The summed E-state index contributed by atoms with van der Waals surface area (Å²) in [5.41, 5.74) is 1.91. The maximum atomic E-state index is 14.2. The molecule has 2 aliphatic rings. The number of nitrogens with zero attached hydrogens (tertiary/aromatic N) is 3. The number of nitrogens with one attached hydrogen (secondary N) is 1. The number of aromatic amines is 1. The summed E-state index contributed by atoms with van der Waals surface area (Å²) in [6.07, 6.45) is 5.63. The quantitative estimate of drug-likeness (QED) is 0.304. The Hall–Kier alpha value is -3.00. The lowest BCUT2D eigenvalue weighted by Crippen LogP contribution is -2.37. The van der Waals surface area contributed by atoms with Crippen LogP contribution in [0.25, 0.3) is 21.9 Å². The number of H-pyrrole nitrogens is 1. The van der Waals surface area contributed by atoms with Crippen molar-refractivity contribution in [2.24, 2.45) is 5.92 Å². The van der Waals surface area contributed by atoms with Crippen molar-refractivity contribution < 1.29 is 17.6 Å². The van der Waals surface area contributed by atoms with Crippen molar-refractivity contribution in [2.75, 3.05) is 13.1 Å². The van der Waals surface area contributed by atoms with Gasteiger partial charge in [0.15, 0.2) is 17.5 Å². The minimum Gasteiger partial charge on any atom is -0.340 e. The van der Waals surface area contributed by atoms with Crippen LogP contribution in [0.4, 0.5) is 17.6 Å². The molecule has 0 bridgehead atoms. The molecule has 33 heavy (non-hydrogen) atoms. The standard InChI is InChI=1S/C25H22F4N4/c26-15-3-4-19-17(11-15)16(5-8-30-19)13-6-9-33(10-7-13)24(14-1-2-14)25-31-20-12-18(27)21(28)22(29)23(20)32-25/h3-5,8,11-14,24H,1-2,6-7,9-10H2,(H,31,32)/t24-/m1/s1. The second kappa shape index (κ2) is 7.80. The highest BCUT2D eigenvalue weighted by Gasteiger charge is 2.40. The van der Waals surface area contributed by atoms with Crippen molar-refractivity contribution in [3.63, 3.8) is 0 Å². The molecule has 1 aliphatic heterocycles. The fourth-order valence-electron chi connectivity index (χ4n) is 5.31. The predicted molar refractivity (Wildman–Crippen MR) is 117 cm³/mol. The van der Waals surface area contributed by atoms with E-state index in [1.165, 1.54) is 6.07 Å². The Morgan fingerprint density at radius 3 is 2.48 bits per heavy atom. The fourth-order valence-corrected chi connectivity index (χ4v) is 5.31. The lowest BCUT2D eigenvalue weighted by atomic mass is 9.86. The van der Waals surface area contributed by atoms with Gasteiger partial charge in [0.05, 0.1) is 17.1 Å². The van der Waals surface area contributed by atoms with Gasteiger partial charge < -0.3 is 4.98 Å². The van der Waals surface area contributed by atoms with Crippen molar-refractivity contribution in [1.29, 1.82) is 0 Å². The zero-order valence-corrected chi connectivity index (χ0v) is 17.8. The Morgan fingerprint density at radius 2 is 1.73 bits per heavy atom. The van der Waals surface area contributed by atoms with E-state index in [0.717, 1.165) is 61.3 Å². The van der Waals surface area contributed by atoms with Gasteiger partial charge in [-0.3, -0.25) is 9.88 Å². The van der Waals surface area contributed by atoms with Gasteiger partial charge >= 0.3 is 0 Å². The number of piperidine rings is 1. The molecular weight excluding hydrogens is 432 g/mol. The molecule has 0 radical (unpaired) electrons. The largest absolute Gasteiger partial charge is 0.340 e. The van der Waals surface area contributed by atoms with Crippen LogP contribution in [0.1, 0.15) is 49.0 Å². The van der Waals surface area contributed by atoms with E-state index in [9.17, 15) is 17.6 Å². The predicted octanol–water partition coefficient (Wildman–Crippen LogP) is 6.00. The lowest BCUT2D eigenvalue weighted by molar-refractivity contribution is 0.131. The summed E-state index contributed by atoms with van der Waals surface area (Å²) in [4.78, 5) is 14.1. The molecule has 3 heterocycles. The van der Waals surface area contributed by atoms with Crippen LogP contribution in [0.2, 0.25) is 0 Å². The van der Waals surface area contributed by atoms with E-state index in [1.54, 1.807) is 18.3 Å². The third-order valence-electron chi connectivity index (χ3n) is 7.08. The highest BCUT2D eigenvalue weighted by atomic mass is 19.2. The highest BCUT2D eigenvalue weighted by Crippen LogP contribution is 2.46. The van der Waals surface area contributed by atoms with Gasteiger partial charge in [0.25, 0.3) is 0 Å². The second-order valence-electron chi connectivity index (χ2n) is 9.16. The Labute approximate surface area is 187 Å². The first-order chi connectivity index (χ1) is 16.0. The topological polar surface area (TPSA) is 44.8 Å². The van der Waals surface area contributed by atoms with Crippen molar-refractivity contribution in [3.05, 3.63) is 71.2 Å². The van der Waals surface area contributed by atoms with Crippen molar-refractivity contribution in [2.45, 2.75) is 37.6 Å². The number of rotatable bonds is 4. The van der Waals surface area contributed by atoms with Crippen molar-refractivity contribution in [1.82, 2.24) is 19.9 Å². The smallest absolute Gasteiger partial charge is 0.196 e. The van der Waals surface area contributed by atoms with E-state index >= 15 is 0 Å². The van der Waals surface area contributed by atoms with Gasteiger partial charge in [0.2, 0.25) is 0 Å². The first-order valence-corrected chi connectivity index (χ1v) is 11.3. The van der Waals surface area contributed by atoms with E-state index in [-0.39, 0.29) is 28.8 Å². The molecule has 1 aliphatic carbocycles. The molecule has 0 amide bonds. The molecule has 0 unspecified atom stereocenters. The number of likely N-dealkylation sites (tertiary alicyclic amines) is 1. The van der Waals surface area contributed by atoms with E-state index in [0.29, 0.717) is 11.7 Å². The van der Waals surface area contributed by atoms with E-state index < -0.39 is 17.5 Å². The van der Waals surface area contributed by atoms with E-state index in [1.807, 2.05) is 6.07 Å². The molecule has 8 heteroatoms. The van der Waals surface area contributed by atoms with Gasteiger partial charge in [-0.1, -0.05) is 0 Å². The van der Waals surface area contributed by atoms with Crippen LogP contribution in [0.5, 0.6) is 0 Å². The summed E-state index contributed by atoms with van der Waals surface area (Å²) in [6, 6.07) is 7.59. The van der Waals surface area contributed by atoms with Gasteiger partial charge in [-0.25, -0.2) is 22.5 Å². The molecule has 1 N–H and O–H groups in total. The number of imidazole rings is 1. The number of aromatic nitrogens is 3. The molecule has 0 spiro atoms. The fraction of sp³-hybridized carbons (Fsp3) is 0.360. The third-order valence-corrected chi connectivity index (χ3v) is 7.08. The molecular formula is C25H22F4N4. The number of benzene rings is 2. The maximum absolute atomic E-state index is 14.2. The van der Waals surface area contributed by atoms with Crippen LogP contribution in [-0.4, -0.2) is 32.9 Å². The number of hydrogen-bond acceptors (Lipinski definition) is 3. The molecule has 1 saturated heterocycles. The Balaban J connectivity index is 1.27. The number of halogens is 4. The molecule has 4 aromatic rings. The number of hydrogen-bond donors (Lipinski definition) is 1. The van der Waals surface area contributed by atoms with Crippen molar-refractivity contribution in [3.8, 4) is 0 Å². The highest BCUT2D eigenvalue weighted by molar-refractivity contribution is 5.82. The van der Waals surface area contributed by atoms with Gasteiger partial charge in [-0.2, -0.15) is 0 Å². The van der Waals surface area contributed by atoms with Gasteiger partial charge in [0.1, 0.15) is 17.2 Å². The first kappa shape index (κ1) is 20.6. The average molecular weight is 454 g/mol. The van der Waals surface area contributed by atoms with E-state index in [4.69, 9.17) is 0 Å². The zero-order chi connectivity index (χ0) is 22.7. The zero-order valence-electron chi connectivity index (χ0n) is 17.8. The molecule has 4 nitrogen and oxygen atoms in total. The van der Waals surface area contributed by atoms with Crippen LogP contribution < -0.4 is 0 Å². The average Bonchev–Trinajstić information content (AvgIpc) is 3.57. The molecule has 1 atom stereocenters. The molecule has 6 rings (SSSR count). The molecule has 170 valence electrons. The second-order valence-corrected chi connectivity index (χ2v) is 9.16. The number of pyridine rings is 1. The van der Waals surface area contributed by atoms with Gasteiger partial charge in [0, 0.05) is 17.6 Å². The minimum atomic E-state index is -1.50. The summed E-state index contributed by atoms with van der Waals surface area (Å²) in [5.74, 6) is -3.01. The van der Waals surface area contributed by atoms with Crippen LogP contribution in [0.3, 0.4) is 0 Å². The monoisotopic (exact) mass is 454 g/mol. The summed E-state index contributed by atoms with van der Waals surface area (Å²) in [7, 11) is 0. The summed E-state index contributed by atoms with van der Waals surface area (Å²) >= 11 is 0. The third kappa shape index (κ3) is 3.57. The van der Waals surface area contributed by atoms with Crippen LogP contribution in [0.15, 0.2) is 36.5 Å². The Morgan fingerprint density at radius 1 is 0.939 bits per heavy atom. The maximum Gasteiger partial charge on any atom is 0.196 e. The summed E-state index contributed by atoms with van der Waals surface area (Å²) in [6.45, 7) is 1.60. The molecule has 1 saturated carbocycles. The van der Waals surface area contributed by atoms with Gasteiger partial charge in [-0.15, -0.1) is 0 Å². The summed E-state index contributed by atoms with van der Waals surface area (Å²) < 4.78 is 55.5. The minimum absolute atomic E-state index is 0.0458. The van der Waals surface area contributed by atoms with E-state index in [2.05, 4.69) is 19.9 Å². The van der Waals surface area contributed by atoms with Crippen molar-refractivity contribution >= 4 is 21.9 Å². The normalized spacial score (nSPS) is 18.9. The molecule has 2 aromatic carbocycles. The number of fused-ring (bicyclic) bond motifs is 2. The van der Waals surface area contributed by atoms with Crippen LogP contribution in [0, 0.1) is 29.2 Å². The lowest BCUT2D eigenvalue weighted by Gasteiger charge is -2.37. The molecule has 2 fully saturated rings. The van der Waals surface area contributed by atoms with Crippen LogP contribution >= 0.6 is 0 Å². The Bertz CT molecular complexity index is 1360. The summed E-state index contributed by atoms with van der Waals surface area (Å²) in [5, 5.41) is 0.853. The molecule has 2 aromatic heterocycles. The van der Waals surface area contributed by atoms with Crippen LogP contribution in [-0.2, 0) is 0 Å². The first-order valence-electron chi connectivity index (χ1n) is 11.3. The van der Waals surface area contributed by atoms with Gasteiger partial charge in [-0.05, 0) is 80.4 Å².